The summed E-state index contributed by atoms with van der Waals surface area (Å²) in [5, 5.41) is 0. The normalized spacial score (nSPS) is 10.9. The maximum atomic E-state index is 6.03. The molecule has 0 aliphatic rings. The second-order valence-electron chi connectivity index (χ2n) is 4.81. The van der Waals surface area contributed by atoms with Crippen LogP contribution in [0.4, 0.5) is 5.69 Å². The lowest BCUT2D eigenvalue weighted by Gasteiger charge is -2.09. The summed E-state index contributed by atoms with van der Waals surface area (Å²) >= 11 is 0. The van der Waals surface area contributed by atoms with Crippen LogP contribution in [0.15, 0.2) is 30.6 Å². The first-order valence-electron chi connectivity index (χ1n) is 6.35. The van der Waals surface area contributed by atoms with Gasteiger partial charge in [-0.25, -0.2) is 4.98 Å². The summed E-state index contributed by atoms with van der Waals surface area (Å²) in [6, 6.07) is 7.69. The number of nitrogen functional groups attached to an aromatic ring is 1. The molecular formula is C15H16N4O. The van der Waals surface area contributed by atoms with Crippen LogP contribution in [0.3, 0.4) is 0 Å². The average Bonchev–Trinajstić information content (AvgIpc) is 2.83. The molecule has 5 nitrogen and oxygen atoms in total. The lowest BCUT2D eigenvalue weighted by Crippen LogP contribution is -2.03. The topological polar surface area (TPSA) is 66.0 Å². The zero-order chi connectivity index (χ0) is 14.3. The van der Waals surface area contributed by atoms with E-state index in [1.807, 2.05) is 4.57 Å². The van der Waals surface area contributed by atoms with Crippen LogP contribution in [0.25, 0.3) is 16.9 Å². The Morgan fingerprint density at radius 3 is 2.65 bits per heavy atom. The third-order valence-corrected chi connectivity index (χ3v) is 3.48. The van der Waals surface area contributed by atoms with E-state index in [4.69, 9.17) is 10.5 Å². The first kappa shape index (κ1) is 12.5. The van der Waals surface area contributed by atoms with Gasteiger partial charge in [0.1, 0.15) is 6.33 Å². The summed E-state index contributed by atoms with van der Waals surface area (Å²) in [7, 11) is 1.59. The number of anilines is 1. The van der Waals surface area contributed by atoms with Gasteiger partial charge >= 0.3 is 0 Å². The van der Waals surface area contributed by atoms with E-state index < -0.39 is 0 Å². The number of benzene rings is 1. The Morgan fingerprint density at radius 1 is 1.15 bits per heavy atom. The Morgan fingerprint density at radius 2 is 1.90 bits per heavy atom. The van der Waals surface area contributed by atoms with Crippen molar-refractivity contribution < 1.29 is 4.74 Å². The van der Waals surface area contributed by atoms with Gasteiger partial charge in [0.25, 0.3) is 0 Å². The molecule has 0 unspecified atom stereocenters. The van der Waals surface area contributed by atoms with Crippen molar-refractivity contribution in [3.8, 4) is 11.7 Å². The van der Waals surface area contributed by atoms with E-state index in [2.05, 4.69) is 35.9 Å². The second-order valence-corrected chi connectivity index (χ2v) is 4.81. The monoisotopic (exact) mass is 268 g/mol. The number of aryl methyl sites for hydroxylation is 2. The number of pyridine rings is 1. The highest BCUT2D eigenvalue weighted by Gasteiger charge is 2.11. The van der Waals surface area contributed by atoms with Crippen LogP contribution in [0.5, 0.6) is 5.88 Å². The molecule has 20 heavy (non-hydrogen) atoms. The number of hydrogen-bond acceptors (Lipinski definition) is 4. The first-order valence-corrected chi connectivity index (χ1v) is 6.35. The molecule has 0 aliphatic heterocycles. The van der Waals surface area contributed by atoms with Gasteiger partial charge in [0, 0.05) is 6.07 Å². The third-order valence-electron chi connectivity index (χ3n) is 3.48. The predicted octanol–water partition coefficient (Wildman–Crippen LogP) is 2.63. The highest BCUT2D eigenvalue weighted by Crippen LogP contribution is 2.25. The van der Waals surface area contributed by atoms with Crippen molar-refractivity contribution in [1.82, 2.24) is 14.5 Å². The summed E-state index contributed by atoms with van der Waals surface area (Å²) in [5.41, 5.74) is 11.0. The lowest BCUT2D eigenvalue weighted by molar-refractivity contribution is 0.397. The smallest absolute Gasteiger partial charge is 0.215 e. The SMILES string of the molecule is COc1ccc(N)c(-n2cnc3cc(C)c(C)cc32)n1. The number of nitrogens with two attached hydrogens (primary N) is 1. The van der Waals surface area contributed by atoms with E-state index in [0.29, 0.717) is 17.4 Å². The highest BCUT2D eigenvalue weighted by atomic mass is 16.5. The summed E-state index contributed by atoms with van der Waals surface area (Å²) in [5.74, 6) is 1.16. The maximum absolute atomic E-state index is 6.03. The summed E-state index contributed by atoms with van der Waals surface area (Å²) < 4.78 is 7.05. The Kier molecular flexibility index (Phi) is 2.82. The fraction of sp³-hybridized carbons (Fsp3) is 0.200. The molecule has 0 aliphatic carbocycles. The second kappa shape index (κ2) is 4.52. The molecule has 2 heterocycles. The van der Waals surface area contributed by atoms with E-state index in [0.717, 1.165) is 11.0 Å². The molecule has 0 radical (unpaired) electrons. The van der Waals surface area contributed by atoms with Crippen LogP contribution < -0.4 is 10.5 Å². The fourth-order valence-electron chi connectivity index (χ4n) is 2.18. The highest BCUT2D eigenvalue weighted by molar-refractivity contribution is 5.80. The maximum Gasteiger partial charge on any atom is 0.215 e. The molecule has 5 heteroatoms. The molecule has 0 saturated heterocycles. The van der Waals surface area contributed by atoms with Crippen LogP contribution in [-0.4, -0.2) is 21.6 Å². The van der Waals surface area contributed by atoms with Crippen LogP contribution in [0, 0.1) is 13.8 Å². The van der Waals surface area contributed by atoms with Crippen molar-refractivity contribution in [2.75, 3.05) is 12.8 Å². The minimum atomic E-state index is 0.528. The number of nitrogens with zero attached hydrogens (tertiary/aromatic N) is 3. The average molecular weight is 268 g/mol. The van der Waals surface area contributed by atoms with E-state index in [-0.39, 0.29) is 0 Å². The van der Waals surface area contributed by atoms with Crippen molar-refractivity contribution in [1.29, 1.82) is 0 Å². The van der Waals surface area contributed by atoms with Crippen LogP contribution in [0.1, 0.15) is 11.1 Å². The van der Waals surface area contributed by atoms with Gasteiger partial charge in [-0.1, -0.05) is 0 Å². The van der Waals surface area contributed by atoms with Crippen LogP contribution in [0.2, 0.25) is 0 Å². The molecule has 0 fully saturated rings. The van der Waals surface area contributed by atoms with E-state index in [1.165, 1.54) is 11.1 Å². The number of methoxy groups -OCH3 is 1. The number of fused-ring (bicyclic) bond motifs is 1. The molecule has 1 aromatic carbocycles. The molecule has 2 aromatic heterocycles. The Bertz CT molecular complexity index is 792. The third kappa shape index (κ3) is 1.87. The molecule has 102 valence electrons. The van der Waals surface area contributed by atoms with Gasteiger partial charge in [-0.15, -0.1) is 0 Å². The minimum Gasteiger partial charge on any atom is -0.481 e. The van der Waals surface area contributed by atoms with Crippen molar-refractivity contribution in [3.63, 3.8) is 0 Å². The van der Waals surface area contributed by atoms with Gasteiger partial charge in [0.15, 0.2) is 5.82 Å². The van der Waals surface area contributed by atoms with Gasteiger partial charge in [0.05, 0.1) is 23.8 Å². The molecule has 2 N–H and O–H groups in total. The molecule has 0 saturated carbocycles. The first-order chi connectivity index (χ1) is 9.60. The predicted molar refractivity (Wildman–Crippen MR) is 79.3 cm³/mol. The molecule has 0 spiro atoms. The van der Waals surface area contributed by atoms with Gasteiger partial charge in [-0.05, 0) is 43.2 Å². The standard InChI is InChI=1S/C15H16N4O/c1-9-6-12-13(7-10(9)2)19(8-17-12)15-11(16)4-5-14(18-15)20-3/h4-8H,16H2,1-3H3. The number of imidazole rings is 1. The molecule has 3 aromatic rings. The lowest BCUT2D eigenvalue weighted by atomic mass is 10.1. The summed E-state index contributed by atoms with van der Waals surface area (Å²) in [6.07, 6.45) is 1.74. The van der Waals surface area contributed by atoms with Crippen molar-refractivity contribution in [2.45, 2.75) is 13.8 Å². The van der Waals surface area contributed by atoms with Crippen molar-refractivity contribution >= 4 is 16.7 Å². The van der Waals surface area contributed by atoms with E-state index in [9.17, 15) is 0 Å². The number of ether oxygens (including phenoxy) is 1. The van der Waals surface area contributed by atoms with Gasteiger partial charge in [-0.2, -0.15) is 4.98 Å². The largest absolute Gasteiger partial charge is 0.481 e. The van der Waals surface area contributed by atoms with Gasteiger partial charge < -0.3 is 10.5 Å². The Labute approximate surface area is 117 Å². The van der Waals surface area contributed by atoms with E-state index >= 15 is 0 Å². The quantitative estimate of drug-likeness (QED) is 0.776. The zero-order valence-corrected chi connectivity index (χ0v) is 11.7. The number of aromatic nitrogens is 3. The van der Waals surface area contributed by atoms with Gasteiger partial charge in [0.2, 0.25) is 5.88 Å². The zero-order valence-electron chi connectivity index (χ0n) is 11.7. The Balaban J connectivity index is 2.27. The molecule has 0 amide bonds. The number of hydrogen-bond donors (Lipinski definition) is 1. The molecule has 0 bridgehead atoms. The van der Waals surface area contributed by atoms with Crippen LogP contribution in [-0.2, 0) is 0 Å². The van der Waals surface area contributed by atoms with Crippen LogP contribution >= 0.6 is 0 Å². The summed E-state index contributed by atoms with van der Waals surface area (Å²) in [4.78, 5) is 8.83. The molecule has 0 atom stereocenters. The molecular weight excluding hydrogens is 252 g/mol. The van der Waals surface area contributed by atoms with E-state index in [1.54, 1.807) is 25.6 Å². The fourth-order valence-corrected chi connectivity index (χ4v) is 2.18. The Hall–Kier alpha value is -2.56. The van der Waals surface area contributed by atoms with Crippen molar-refractivity contribution in [3.05, 3.63) is 41.7 Å². The summed E-state index contributed by atoms with van der Waals surface area (Å²) in [6.45, 7) is 4.15. The molecule has 3 rings (SSSR count). The van der Waals surface area contributed by atoms with Crippen molar-refractivity contribution in [2.24, 2.45) is 0 Å². The van der Waals surface area contributed by atoms with Gasteiger partial charge in [-0.3, -0.25) is 4.57 Å². The number of rotatable bonds is 2. The minimum absolute atomic E-state index is 0.528.